The fourth-order valence-electron chi connectivity index (χ4n) is 4.14. The van der Waals surface area contributed by atoms with Crippen LogP contribution in [-0.4, -0.2) is 65.7 Å². The molecule has 2 aliphatic heterocycles. The molecule has 7 nitrogen and oxygen atoms in total. The fraction of sp³-hybridized carbons (Fsp3) is 0.571. The van der Waals surface area contributed by atoms with E-state index in [0.29, 0.717) is 12.0 Å². The van der Waals surface area contributed by atoms with Gasteiger partial charge in [-0.3, -0.25) is 0 Å². The first kappa shape index (κ1) is 18.9. The molecule has 1 fully saturated rings. The van der Waals surface area contributed by atoms with Gasteiger partial charge in [0.15, 0.2) is 0 Å². The van der Waals surface area contributed by atoms with Crippen LogP contribution in [0.5, 0.6) is 0 Å². The number of nitrogens with one attached hydrogen (secondary N) is 1. The van der Waals surface area contributed by atoms with Gasteiger partial charge in [0.25, 0.3) is 0 Å². The first-order valence-corrected chi connectivity index (χ1v) is 10.5. The van der Waals surface area contributed by atoms with Crippen molar-refractivity contribution in [1.29, 1.82) is 0 Å². The second kappa shape index (κ2) is 8.31. The zero-order chi connectivity index (χ0) is 19.5. The maximum Gasteiger partial charge on any atom is 0.230 e. The number of hydrogen-bond acceptors (Lipinski definition) is 7. The Bertz CT molecular complexity index is 780. The van der Waals surface area contributed by atoms with Crippen LogP contribution in [0, 0.1) is 0 Å². The van der Waals surface area contributed by atoms with Gasteiger partial charge in [-0.2, -0.15) is 4.98 Å². The summed E-state index contributed by atoms with van der Waals surface area (Å²) in [4.78, 5) is 21.1. The summed E-state index contributed by atoms with van der Waals surface area (Å²) >= 11 is 0. The second-order valence-corrected chi connectivity index (χ2v) is 7.77. The molecule has 4 rings (SSSR count). The van der Waals surface area contributed by atoms with E-state index in [1.807, 2.05) is 18.5 Å². The Morgan fingerprint density at radius 1 is 1.00 bits per heavy atom. The lowest BCUT2D eigenvalue weighted by Crippen LogP contribution is -2.44. The molecule has 1 N–H and O–H groups in total. The van der Waals surface area contributed by atoms with E-state index in [9.17, 15) is 0 Å². The lowest BCUT2D eigenvalue weighted by Gasteiger charge is -2.33. The Labute approximate surface area is 167 Å². The number of piperazine rings is 1. The number of nitrogens with zero attached hydrogens (tertiary/aromatic N) is 6. The van der Waals surface area contributed by atoms with Crippen LogP contribution < -0.4 is 15.1 Å². The van der Waals surface area contributed by atoms with Crippen LogP contribution in [-0.2, 0) is 6.42 Å². The highest BCUT2D eigenvalue weighted by Gasteiger charge is 2.26. The lowest BCUT2D eigenvalue weighted by atomic mass is 10.1. The molecule has 1 saturated heterocycles. The Morgan fingerprint density at radius 3 is 2.46 bits per heavy atom. The molecule has 28 heavy (non-hydrogen) atoms. The molecule has 0 unspecified atom stereocenters. The van der Waals surface area contributed by atoms with Gasteiger partial charge >= 0.3 is 0 Å². The highest BCUT2D eigenvalue weighted by atomic mass is 15.3. The predicted octanol–water partition coefficient (Wildman–Crippen LogP) is 2.92. The van der Waals surface area contributed by atoms with Crippen molar-refractivity contribution in [2.45, 2.75) is 39.2 Å². The smallest absolute Gasteiger partial charge is 0.230 e. The number of hydrogen-bond donors (Lipinski definition) is 1. The molecular formula is C21H31N7. The lowest BCUT2D eigenvalue weighted by molar-refractivity contribution is 0.313. The van der Waals surface area contributed by atoms with E-state index in [1.165, 1.54) is 11.3 Å². The second-order valence-electron chi connectivity index (χ2n) is 7.77. The number of anilines is 4. The van der Waals surface area contributed by atoms with Crippen molar-refractivity contribution in [3.63, 3.8) is 0 Å². The summed E-state index contributed by atoms with van der Waals surface area (Å²) in [6.45, 7) is 9.82. The molecule has 0 spiro atoms. The number of pyridine rings is 1. The standard InChI is InChI=1S/C21H31N7/c1-4-17(5-2)28-9-8-16-14-23-21(25-20(16)28)24-19-7-6-18(15-22-19)27-12-10-26(3)11-13-27/h6-7,14-15,17H,4-5,8-13H2,1-3H3,(H,22,23,24,25). The summed E-state index contributed by atoms with van der Waals surface area (Å²) in [7, 11) is 2.17. The van der Waals surface area contributed by atoms with Gasteiger partial charge < -0.3 is 20.0 Å². The SMILES string of the molecule is CCC(CC)N1CCc2cnc(Nc3ccc(N4CCN(C)CC4)cn3)nc21. The number of rotatable bonds is 6. The minimum absolute atomic E-state index is 0.546. The van der Waals surface area contributed by atoms with Gasteiger partial charge in [-0.25, -0.2) is 9.97 Å². The summed E-state index contributed by atoms with van der Waals surface area (Å²) in [6.07, 6.45) is 7.21. The van der Waals surface area contributed by atoms with Crippen molar-refractivity contribution in [1.82, 2.24) is 19.9 Å². The van der Waals surface area contributed by atoms with E-state index in [0.717, 1.165) is 63.6 Å². The summed E-state index contributed by atoms with van der Waals surface area (Å²) in [5.74, 6) is 2.49. The van der Waals surface area contributed by atoms with E-state index >= 15 is 0 Å². The van der Waals surface area contributed by atoms with Gasteiger partial charge in [-0.15, -0.1) is 0 Å². The largest absolute Gasteiger partial charge is 0.368 e. The topological polar surface area (TPSA) is 60.4 Å². The Balaban J connectivity index is 1.45. The first-order chi connectivity index (χ1) is 13.7. The van der Waals surface area contributed by atoms with Gasteiger partial charge in [0.1, 0.15) is 11.6 Å². The average molecular weight is 382 g/mol. The molecular weight excluding hydrogens is 350 g/mol. The van der Waals surface area contributed by atoms with E-state index in [1.54, 1.807) is 0 Å². The van der Waals surface area contributed by atoms with Crippen molar-refractivity contribution >= 4 is 23.3 Å². The van der Waals surface area contributed by atoms with Crippen molar-refractivity contribution < 1.29 is 0 Å². The predicted molar refractivity (Wildman–Crippen MR) is 115 cm³/mol. The van der Waals surface area contributed by atoms with E-state index in [4.69, 9.17) is 4.98 Å². The Kier molecular flexibility index (Phi) is 5.62. The van der Waals surface area contributed by atoms with Crippen LogP contribution in [0.3, 0.4) is 0 Å². The monoisotopic (exact) mass is 381 g/mol. The van der Waals surface area contributed by atoms with Crippen LogP contribution >= 0.6 is 0 Å². The Hall–Kier alpha value is -2.41. The van der Waals surface area contributed by atoms with Crippen molar-refractivity contribution in [2.75, 3.05) is 54.9 Å². The third kappa shape index (κ3) is 3.90. The summed E-state index contributed by atoms with van der Waals surface area (Å²) in [6, 6.07) is 4.69. The molecule has 7 heteroatoms. The molecule has 0 aromatic carbocycles. The molecule has 0 atom stereocenters. The van der Waals surface area contributed by atoms with Crippen LogP contribution in [0.4, 0.5) is 23.3 Å². The molecule has 2 aromatic heterocycles. The van der Waals surface area contributed by atoms with E-state index in [-0.39, 0.29) is 0 Å². The van der Waals surface area contributed by atoms with Gasteiger partial charge in [0.05, 0.1) is 11.9 Å². The average Bonchev–Trinajstić information content (AvgIpc) is 3.14. The molecule has 150 valence electrons. The minimum Gasteiger partial charge on any atom is -0.368 e. The van der Waals surface area contributed by atoms with Gasteiger partial charge in [-0.1, -0.05) is 13.8 Å². The molecule has 0 amide bonds. The highest BCUT2D eigenvalue weighted by Crippen LogP contribution is 2.30. The number of fused-ring (bicyclic) bond motifs is 1. The third-order valence-electron chi connectivity index (χ3n) is 5.98. The Morgan fingerprint density at radius 2 is 1.79 bits per heavy atom. The van der Waals surface area contributed by atoms with Crippen molar-refractivity contribution in [2.24, 2.45) is 0 Å². The van der Waals surface area contributed by atoms with Gasteiger partial charge in [0.2, 0.25) is 5.95 Å². The van der Waals surface area contributed by atoms with Crippen LogP contribution in [0.25, 0.3) is 0 Å². The first-order valence-electron chi connectivity index (χ1n) is 10.5. The molecule has 2 aromatic rings. The molecule has 0 saturated carbocycles. The minimum atomic E-state index is 0.546. The van der Waals surface area contributed by atoms with Gasteiger partial charge in [-0.05, 0) is 38.4 Å². The van der Waals surface area contributed by atoms with E-state index in [2.05, 4.69) is 56.9 Å². The quantitative estimate of drug-likeness (QED) is 0.825. The molecule has 4 heterocycles. The summed E-state index contributed by atoms with van der Waals surface area (Å²) in [5.41, 5.74) is 2.42. The summed E-state index contributed by atoms with van der Waals surface area (Å²) in [5, 5.41) is 3.28. The van der Waals surface area contributed by atoms with Crippen LogP contribution in [0.15, 0.2) is 24.5 Å². The highest BCUT2D eigenvalue weighted by molar-refractivity contribution is 5.58. The normalized spacial score (nSPS) is 17.3. The molecule has 0 bridgehead atoms. The zero-order valence-corrected chi connectivity index (χ0v) is 17.2. The van der Waals surface area contributed by atoms with Crippen LogP contribution in [0.1, 0.15) is 32.3 Å². The maximum atomic E-state index is 4.82. The van der Waals surface area contributed by atoms with Crippen molar-refractivity contribution in [3.05, 3.63) is 30.1 Å². The molecule has 0 radical (unpaired) electrons. The number of aromatic nitrogens is 3. The van der Waals surface area contributed by atoms with Gasteiger partial charge in [0, 0.05) is 50.5 Å². The zero-order valence-electron chi connectivity index (χ0n) is 17.2. The fourth-order valence-corrected chi connectivity index (χ4v) is 4.14. The molecule has 2 aliphatic rings. The third-order valence-corrected chi connectivity index (χ3v) is 5.98. The van der Waals surface area contributed by atoms with Crippen molar-refractivity contribution in [3.8, 4) is 0 Å². The molecule has 0 aliphatic carbocycles. The van der Waals surface area contributed by atoms with E-state index < -0.39 is 0 Å². The summed E-state index contributed by atoms with van der Waals surface area (Å²) < 4.78 is 0. The maximum absolute atomic E-state index is 4.82. The number of likely N-dealkylation sites (N-methyl/N-ethyl adjacent to an activating group) is 1. The van der Waals surface area contributed by atoms with Crippen LogP contribution in [0.2, 0.25) is 0 Å².